The van der Waals surface area contributed by atoms with E-state index in [-0.39, 0.29) is 0 Å². The number of Topliss-reactive ketones (excluding diaryl/α,β-unsaturated/α-hetero) is 1. The first-order chi connectivity index (χ1) is 8.71. The number of nitroso groups, excluding NO2 is 1. The van der Waals surface area contributed by atoms with E-state index in [0.29, 0.717) is 30.2 Å². The molecule has 0 aromatic heterocycles. The summed E-state index contributed by atoms with van der Waals surface area (Å²) in [5.41, 5.74) is 1.68. The molecule has 1 aromatic carbocycles. The molecule has 0 heterocycles. The molecule has 0 amide bonds. The number of nitrogens with zero attached hydrogens (tertiary/aromatic N) is 1. The molecule has 1 aliphatic carbocycles. The van der Waals surface area contributed by atoms with Gasteiger partial charge in [0.05, 0.1) is 0 Å². The predicted octanol–water partition coefficient (Wildman–Crippen LogP) is 4.73. The monoisotopic (exact) mass is 247 g/mol. The Morgan fingerprint density at radius 3 is 2.06 bits per heavy atom. The number of rotatable bonds is 2. The van der Waals surface area contributed by atoms with Crippen LogP contribution >= 0.6 is 0 Å². The molecule has 18 heavy (non-hydrogen) atoms. The Kier molecular flexibility index (Phi) is 6.26. The molecule has 0 radical (unpaired) electrons. The largest absolute Gasteiger partial charge is 0.300 e. The van der Waals surface area contributed by atoms with Crippen LogP contribution in [0.1, 0.15) is 57.4 Å². The van der Waals surface area contributed by atoms with Crippen molar-refractivity contribution in [2.75, 3.05) is 0 Å². The van der Waals surface area contributed by atoms with Gasteiger partial charge in [0, 0.05) is 12.8 Å². The lowest BCUT2D eigenvalue weighted by Crippen LogP contribution is -2.12. The summed E-state index contributed by atoms with van der Waals surface area (Å²) < 4.78 is 0. The van der Waals surface area contributed by atoms with Crippen molar-refractivity contribution in [3.63, 3.8) is 0 Å². The van der Waals surface area contributed by atoms with E-state index in [4.69, 9.17) is 0 Å². The van der Waals surface area contributed by atoms with Crippen LogP contribution in [0.4, 0.5) is 5.69 Å². The highest BCUT2D eigenvalue weighted by Gasteiger charge is 2.19. The van der Waals surface area contributed by atoms with Gasteiger partial charge in [0.15, 0.2) is 0 Å². The second kappa shape index (κ2) is 7.75. The van der Waals surface area contributed by atoms with Crippen molar-refractivity contribution in [1.29, 1.82) is 0 Å². The van der Waals surface area contributed by atoms with E-state index in [2.05, 4.69) is 19.0 Å². The zero-order valence-electron chi connectivity index (χ0n) is 11.2. The summed E-state index contributed by atoms with van der Waals surface area (Å²) in [5.74, 6) is 0.848. The smallest absolute Gasteiger partial charge is 0.132 e. The number of hydrogen-bond donors (Lipinski definition) is 0. The maximum atomic E-state index is 11.1. The first-order valence-electron chi connectivity index (χ1n) is 6.66. The maximum absolute atomic E-state index is 11.1. The first-order valence-corrected chi connectivity index (χ1v) is 6.66. The van der Waals surface area contributed by atoms with Gasteiger partial charge in [-0.3, -0.25) is 4.79 Å². The number of ketones is 1. The molecule has 0 bridgehead atoms. The average Bonchev–Trinajstić information content (AvgIpc) is 2.41. The molecule has 1 fully saturated rings. The summed E-state index contributed by atoms with van der Waals surface area (Å²) in [6.45, 7) is 4.25. The Morgan fingerprint density at radius 2 is 1.61 bits per heavy atom. The molecule has 0 unspecified atom stereocenters. The molecule has 3 nitrogen and oxygen atoms in total. The highest BCUT2D eigenvalue weighted by atomic mass is 16.3. The minimum Gasteiger partial charge on any atom is -0.300 e. The Balaban J connectivity index is 0.000000492. The summed E-state index contributed by atoms with van der Waals surface area (Å²) in [4.78, 5) is 21.3. The fraction of sp³-hybridized carbons (Fsp3) is 0.533. The molecule has 0 saturated heterocycles. The van der Waals surface area contributed by atoms with Crippen LogP contribution in [0.5, 0.6) is 0 Å². The predicted molar refractivity (Wildman–Crippen MR) is 74.1 cm³/mol. The molecule has 0 N–H and O–H groups in total. The standard InChI is InChI=1S/C12H13NO2.C3H8/c14-12-7-3-10(4-8-12)9-1-5-11(13-15)6-2-9;1-3-2/h1-2,5-6,10H,3-4,7-8H2;3H2,1-2H3. The third kappa shape index (κ3) is 4.40. The molecule has 0 spiro atoms. The summed E-state index contributed by atoms with van der Waals surface area (Å²) in [6.07, 6.45) is 4.51. The molecule has 0 atom stereocenters. The summed E-state index contributed by atoms with van der Waals surface area (Å²) >= 11 is 0. The van der Waals surface area contributed by atoms with Gasteiger partial charge in [-0.25, -0.2) is 0 Å². The fourth-order valence-electron chi connectivity index (χ4n) is 2.08. The molecular weight excluding hydrogens is 226 g/mol. The van der Waals surface area contributed by atoms with Crippen LogP contribution in [0.15, 0.2) is 29.4 Å². The highest BCUT2D eigenvalue weighted by molar-refractivity contribution is 5.79. The zero-order chi connectivity index (χ0) is 13.4. The lowest BCUT2D eigenvalue weighted by Gasteiger charge is -2.21. The number of carbonyl (C=O) groups excluding carboxylic acids is 1. The van der Waals surface area contributed by atoms with Crippen molar-refractivity contribution in [3.05, 3.63) is 34.7 Å². The Bertz CT molecular complexity index is 374. The van der Waals surface area contributed by atoms with Gasteiger partial charge in [0.25, 0.3) is 0 Å². The summed E-state index contributed by atoms with van der Waals surface area (Å²) in [7, 11) is 0. The molecule has 2 rings (SSSR count). The van der Waals surface area contributed by atoms with Crippen molar-refractivity contribution in [1.82, 2.24) is 0 Å². The van der Waals surface area contributed by atoms with Gasteiger partial charge in [0.2, 0.25) is 0 Å². The molecule has 1 aromatic rings. The molecule has 3 heteroatoms. The van der Waals surface area contributed by atoms with Gasteiger partial charge in [-0.2, -0.15) is 0 Å². The van der Waals surface area contributed by atoms with E-state index in [1.54, 1.807) is 12.1 Å². The minimum atomic E-state index is 0.373. The molecule has 1 aliphatic rings. The van der Waals surface area contributed by atoms with Crippen LogP contribution in [0.3, 0.4) is 0 Å². The van der Waals surface area contributed by atoms with Crippen LogP contribution in [0, 0.1) is 4.91 Å². The van der Waals surface area contributed by atoms with Gasteiger partial charge < -0.3 is 0 Å². The third-order valence-electron chi connectivity index (χ3n) is 3.01. The van der Waals surface area contributed by atoms with Crippen LogP contribution in [-0.2, 0) is 4.79 Å². The highest BCUT2D eigenvalue weighted by Crippen LogP contribution is 2.31. The second-order valence-corrected chi connectivity index (χ2v) is 4.70. The number of benzene rings is 1. The van der Waals surface area contributed by atoms with Crippen molar-refractivity contribution < 1.29 is 4.79 Å². The normalized spacial score (nSPS) is 15.8. The zero-order valence-corrected chi connectivity index (χ0v) is 11.2. The van der Waals surface area contributed by atoms with Gasteiger partial charge in [-0.1, -0.05) is 32.4 Å². The first kappa shape index (κ1) is 14.6. The van der Waals surface area contributed by atoms with E-state index in [1.165, 1.54) is 12.0 Å². The van der Waals surface area contributed by atoms with Crippen LogP contribution < -0.4 is 0 Å². The fourth-order valence-corrected chi connectivity index (χ4v) is 2.08. The van der Waals surface area contributed by atoms with E-state index >= 15 is 0 Å². The third-order valence-corrected chi connectivity index (χ3v) is 3.01. The quantitative estimate of drug-likeness (QED) is 0.709. The molecule has 1 saturated carbocycles. The average molecular weight is 247 g/mol. The second-order valence-electron chi connectivity index (χ2n) is 4.70. The van der Waals surface area contributed by atoms with Crippen LogP contribution in [0.25, 0.3) is 0 Å². The van der Waals surface area contributed by atoms with Crippen molar-refractivity contribution in [3.8, 4) is 0 Å². The van der Waals surface area contributed by atoms with Gasteiger partial charge in [0.1, 0.15) is 11.5 Å². The SMILES string of the molecule is CCC.O=Nc1ccc(C2CCC(=O)CC2)cc1. The van der Waals surface area contributed by atoms with Gasteiger partial charge >= 0.3 is 0 Å². The maximum Gasteiger partial charge on any atom is 0.132 e. The Morgan fingerprint density at radius 1 is 1.11 bits per heavy atom. The van der Waals surface area contributed by atoms with Gasteiger partial charge in [-0.15, -0.1) is 4.91 Å². The van der Waals surface area contributed by atoms with E-state index in [9.17, 15) is 9.70 Å². The van der Waals surface area contributed by atoms with Crippen molar-refractivity contribution >= 4 is 11.5 Å². The van der Waals surface area contributed by atoms with Crippen LogP contribution in [-0.4, -0.2) is 5.78 Å². The van der Waals surface area contributed by atoms with E-state index < -0.39 is 0 Å². The molecule has 98 valence electrons. The van der Waals surface area contributed by atoms with E-state index in [1.807, 2.05) is 12.1 Å². The van der Waals surface area contributed by atoms with Crippen molar-refractivity contribution in [2.24, 2.45) is 5.18 Å². The minimum absolute atomic E-state index is 0.373. The van der Waals surface area contributed by atoms with E-state index in [0.717, 1.165) is 12.8 Å². The topological polar surface area (TPSA) is 46.5 Å². The van der Waals surface area contributed by atoms with Gasteiger partial charge in [-0.05, 0) is 41.6 Å². The number of hydrogen-bond acceptors (Lipinski definition) is 3. The lowest BCUT2D eigenvalue weighted by atomic mass is 9.83. The Hall–Kier alpha value is -1.51. The summed E-state index contributed by atoms with van der Waals surface area (Å²) in [5, 5.41) is 2.86. The lowest BCUT2D eigenvalue weighted by molar-refractivity contribution is -0.120. The Labute approximate surface area is 109 Å². The molecular formula is C15H21NO2. The number of carbonyl (C=O) groups is 1. The van der Waals surface area contributed by atoms with Crippen molar-refractivity contribution in [2.45, 2.75) is 51.9 Å². The van der Waals surface area contributed by atoms with Crippen LogP contribution in [0.2, 0.25) is 0 Å². The molecule has 0 aliphatic heterocycles. The summed E-state index contributed by atoms with van der Waals surface area (Å²) in [6, 6.07) is 7.35.